The second kappa shape index (κ2) is 5.29. The molecule has 0 radical (unpaired) electrons. The third-order valence-corrected chi connectivity index (χ3v) is 2.49. The molecule has 1 aliphatic carbocycles. The summed E-state index contributed by atoms with van der Waals surface area (Å²) >= 11 is 0. The Kier molecular flexibility index (Phi) is 4.31. The highest BCUT2D eigenvalue weighted by Crippen LogP contribution is 2.24. The minimum absolute atomic E-state index is 0.341. The Bertz CT molecular complexity index is 194. The normalized spacial score (nSPS) is 18.5. The van der Waals surface area contributed by atoms with Crippen molar-refractivity contribution < 1.29 is 9.90 Å². The Morgan fingerprint density at radius 2 is 2.36 bits per heavy atom. The highest BCUT2D eigenvalue weighted by molar-refractivity contribution is 5.73. The summed E-state index contributed by atoms with van der Waals surface area (Å²) in [6.45, 7) is 2.10. The van der Waals surface area contributed by atoms with Crippen molar-refractivity contribution >= 4 is 5.97 Å². The zero-order valence-corrected chi connectivity index (χ0v) is 8.57. The number of aliphatic carboxylic acids is 1. The Balaban J connectivity index is 1.95. The fourth-order valence-electron chi connectivity index (χ4n) is 1.30. The van der Waals surface area contributed by atoms with E-state index in [-0.39, 0.29) is 0 Å². The van der Waals surface area contributed by atoms with Crippen LogP contribution in [0.25, 0.3) is 0 Å². The van der Waals surface area contributed by atoms with Gasteiger partial charge < -0.3 is 21.1 Å². The van der Waals surface area contributed by atoms with Crippen molar-refractivity contribution in [2.24, 2.45) is 5.73 Å². The van der Waals surface area contributed by atoms with Gasteiger partial charge in [0, 0.05) is 25.7 Å². The van der Waals surface area contributed by atoms with Crippen LogP contribution in [0.15, 0.2) is 0 Å². The van der Waals surface area contributed by atoms with E-state index in [1.54, 1.807) is 0 Å². The lowest BCUT2D eigenvalue weighted by Gasteiger charge is -2.16. The molecule has 0 amide bonds. The molecule has 1 atom stereocenters. The molecule has 1 fully saturated rings. The molecule has 1 unspecified atom stereocenters. The average Bonchev–Trinajstić information content (AvgIpc) is 2.94. The first-order chi connectivity index (χ1) is 6.61. The first-order valence-corrected chi connectivity index (χ1v) is 5.00. The van der Waals surface area contributed by atoms with Gasteiger partial charge in [-0.25, -0.2) is 0 Å². The van der Waals surface area contributed by atoms with Gasteiger partial charge in [-0.1, -0.05) is 0 Å². The lowest BCUT2D eigenvalue weighted by Crippen LogP contribution is -2.42. The molecule has 1 saturated carbocycles. The molecule has 14 heavy (non-hydrogen) atoms. The lowest BCUT2D eigenvalue weighted by atomic mass is 10.3. The third-order valence-electron chi connectivity index (χ3n) is 2.49. The second-order valence-electron chi connectivity index (χ2n) is 3.86. The minimum atomic E-state index is -0.951. The summed E-state index contributed by atoms with van der Waals surface area (Å²) in [5.41, 5.74) is 5.33. The molecular formula is C9H19N3O2. The van der Waals surface area contributed by atoms with Gasteiger partial charge in [0.05, 0.1) is 0 Å². The van der Waals surface area contributed by atoms with Crippen molar-refractivity contribution in [1.82, 2.24) is 10.2 Å². The second-order valence-corrected chi connectivity index (χ2v) is 3.86. The van der Waals surface area contributed by atoms with Crippen LogP contribution in [0.4, 0.5) is 0 Å². The maximum absolute atomic E-state index is 10.4. The highest BCUT2D eigenvalue weighted by Gasteiger charge is 2.25. The molecule has 0 aromatic heterocycles. The van der Waals surface area contributed by atoms with E-state index in [1.165, 1.54) is 12.8 Å². The van der Waals surface area contributed by atoms with Crippen molar-refractivity contribution in [3.8, 4) is 0 Å². The van der Waals surface area contributed by atoms with E-state index in [9.17, 15) is 4.79 Å². The van der Waals surface area contributed by atoms with Crippen LogP contribution in [0.2, 0.25) is 0 Å². The molecular weight excluding hydrogens is 182 g/mol. The van der Waals surface area contributed by atoms with Crippen LogP contribution in [0.5, 0.6) is 0 Å². The van der Waals surface area contributed by atoms with Gasteiger partial charge in [0.25, 0.3) is 0 Å². The number of likely N-dealkylation sites (N-methyl/N-ethyl adjacent to an activating group) is 1. The van der Waals surface area contributed by atoms with Crippen molar-refractivity contribution in [1.29, 1.82) is 0 Å². The smallest absolute Gasteiger partial charge is 0.321 e. The Morgan fingerprint density at radius 1 is 1.71 bits per heavy atom. The molecule has 5 nitrogen and oxygen atoms in total. The largest absolute Gasteiger partial charge is 0.480 e. The molecule has 0 saturated heterocycles. The van der Waals surface area contributed by atoms with Crippen molar-refractivity contribution in [2.45, 2.75) is 24.9 Å². The summed E-state index contributed by atoms with van der Waals surface area (Å²) in [6, 6.07) is -0.0359. The maximum atomic E-state index is 10.4. The van der Waals surface area contributed by atoms with Crippen molar-refractivity contribution in [3.63, 3.8) is 0 Å². The van der Waals surface area contributed by atoms with Crippen LogP contribution in [0.3, 0.4) is 0 Å². The first-order valence-electron chi connectivity index (χ1n) is 5.00. The summed E-state index contributed by atoms with van der Waals surface area (Å²) in [5.74, 6) is -0.951. The Morgan fingerprint density at radius 3 is 2.86 bits per heavy atom. The number of carbonyl (C=O) groups is 1. The van der Waals surface area contributed by atoms with Crippen LogP contribution < -0.4 is 11.1 Å². The standard InChI is InChI=1S/C9H19N3O2/c1-12(7-2-3-7)5-4-11-6-8(10)9(13)14/h7-8,11H,2-6,10H2,1H3,(H,13,14). The number of rotatable bonds is 7. The number of nitrogens with two attached hydrogens (primary N) is 1. The molecule has 0 aliphatic heterocycles. The van der Waals surface area contributed by atoms with Gasteiger partial charge in [-0.3, -0.25) is 4.79 Å². The maximum Gasteiger partial charge on any atom is 0.321 e. The van der Waals surface area contributed by atoms with E-state index in [0.29, 0.717) is 6.54 Å². The molecule has 0 bridgehead atoms. The van der Waals surface area contributed by atoms with Gasteiger partial charge in [0.1, 0.15) is 6.04 Å². The SMILES string of the molecule is CN(CCNCC(N)C(=O)O)C1CC1. The van der Waals surface area contributed by atoms with Crippen LogP contribution in [-0.2, 0) is 4.79 Å². The number of nitrogens with zero attached hydrogens (tertiary/aromatic N) is 1. The highest BCUT2D eigenvalue weighted by atomic mass is 16.4. The topological polar surface area (TPSA) is 78.6 Å². The van der Waals surface area contributed by atoms with Gasteiger partial charge >= 0.3 is 5.97 Å². The summed E-state index contributed by atoms with van der Waals surface area (Å²) in [4.78, 5) is 12.7. The van der Waals surface area contributed by atoms with E-state index in [2.05, 4.69) is 17.3 Å². The average molecular weight is 201 g/mol. The van der Waals surface area contributed by atoms with E-state index in [1.807, 2.05) is 0 Å². The molecule has 1 aliphatic rings. The summed E-state index contributed by atoms with van der Waals surface area (Å²) in [7, 11) is 2.09. The van der Waals surface area contributed by atoms with Gasteiger partial charge in [0.15, 0.2) is 0 Å². The molecule has 0 aromatic rings. The number of nitrogens with one attached hydrogen (secondary N) is 1. The van der Waals surface area contributed by atoms with Crippen LogP contribution in [0, 0.1) is 0 Å². The number of carboxylic acid groups (broad SMARTS) is 1. The van der Waals surface area contributed by atoms with Crippen LogP contribution in [0.1, 0.15) is 12.8 Å². The zero-order chi connectivity index (χ0) is 10.6. The van der Waals surface area contributed by atoms with Crippen molar-refractivity contribution in [2.75, 3.05) is 26.7 Å². The minimum Gasteiger partial charge on any atom is -0.480 e. The van der Waals surface area contributed by atoms with Crippen molar-refractivity contribution in [3.05, 3.63) is 0 Å². The molecule has 4 N–H and O–H groups in total. The van der Waals surface area contributed by atoms with Gasteiger partial charge in [-0.15, -0.1) is 0 Å². The summed E-state index contributed by atoms with van der Waals surface area (Å²) in [6.07, 6.45) is 2.59. The first kappa shape index (κ1) is 11.4. The van der Waals surface area contributed by atoms with E-state index >= 15 is 0 Å². The molecule has 82 valence electrons. The van der Waals surface area contributed by atoms with E-state index in [0.717, 1.165) is 19.1 Å². The third kappa shape index (κ3) is 4.04. The molecule has 0 heterocycles. The zero-order valence-electron chi connectivity index (χ0n) is 8.57. The predicted octanol–water partition coefficient (Wildman–Crippen LogP) is -0.918. The predicted molar refractivity (Wildman–Crippen MR) is 54.1 cm³/mol. The van der Waals surface area contributed by atoms with E-state index in [4.69, 9.17) is 10.8 Å². The fourth-order valence-corrected chi connectivity index (χ4v) is 1.30. The fraction of sp³-hybridized carbons (Fsp3) is 0.889. The Hall–Kier alpha value is -0.650. The van der Waals surface area contributed by atoms with Crippen LogP contribution in [-0.4, -0.2) is 54.7 Å². The molecule has 0 aromatic carbocycles. The molecule has 5 heteroatoms. The van der Waals surface area contributed by atoms with Gasteiger partial charge in [0.2, 0.25) is 0 Å². The monoisotopic (exact) mass is 201 g/mol. The lowest BCUT2D eigenvalue weighted by molar-refractivity contribution is -0.138. The van der Waals surface area contributed by atoms with E-state index < -0.39 is 12.0 Å². The number of hydrogen-bond donors (Lipinski definition) is 3. The van der Waals surface area contributed by atoms with Gasteiger partial charge in [-0.2, -0.15) is 0 Å². The molecule has 0 spiro atoms. The summed E-state index contributed by atoms with van der Waals surface area (Å²) < 4.78 is 0. The van der Waals surface area contributed by atoms with Gasteiger partial charge in [-0.05, 0) is 19.9 Å². The number of hydrogen-bond acceptors (Lipinski definition) is 4. The molecule has 1 rings (SSSR count). The number of carboxylic acids is 1. The quantitative estimate of drug-likeness (QED) is 0.464. The Labute approximate surface area is 84.3 Å². The van der Waals surface area contributed by atoms with Crippen LogP contribution >= 0.6 is 0 Å². The summed E-state index contributed by atoms with van der Waals surface area (Å²) in [5, 5.41) is 11.5.